The lowest BCUT2D eigenvalue weighted by Crippen LogP contribution is -2.30. The Labute approximate surface area is 103 Å². The van der Waals surface area contributed by atoms with Gasteiger partial charge in [0.05, 0.1) is 12.0 Å². The summed E-state index contributed by atoms with van der Waals surface area (Å²) in [5.74, 6) is -0.926. The van der Waals surface area contributed by atoms with Crippen molar-refractivity contribution in [3.05, 3.63) is 41.9 Å². The zero-order valence-electron chi connectivity index (χ0n) is 9.74. The smallest absolute Gasteiger partial charge is 0.132 e. The second kappa shape index (κ2) is 4.17. The van der Waals surface area contributed by atoms with Crippen LogP contribution in [0.2, 0.25) is 0 Å². The fourth-order valence-electron chi connectivity index (χ4n) is 2.37. The van der Waals surface area contributed by atoms with Gasteiger partial charge in [-0.1, -0.05) is 0 Å². The average molecular weight is 249 g/mol. The molecule has 0 saturated heterocycles. The summed E-state index contributed by atoms with van der Waals surface area (Å²) in [5, 5.41) is 0. The van der Waals surface area contributed by atoms with Crippen LogP contribution in [0.4, 0.5) is 8.78 Å². The summed E-state index contributed by atoms with van der Waals surface area (Å²) in [6.45, 7) is 0.778. The van der Waals surface area contributed by atoms with Crippen LogP contribution in [0.3, 0.4) is 0 Å². The fourth-order valence-corrected chi connectivity index (χ4v) is 2.37. The van der Waals surface area contributed by atoms with E-state index in [1.54, 1.807) is 6.33 Å². The van der Waals surface area contributed by atoms with E-state index in [4.69, 9.17) is 5.73 Å². The zero-order valence-corrected chi connectivity index (χ0v) is 9.74. The summed E-state index contributed by atoms with van der Waals surface area (Å²) < 4.78 is 28.9. The molecule has 1 aliphatic rings. The van der Waals surface area contributed by atoms with Crippen LogP contribution in [0, 0.1) is 11.6 Å². The monoisotopic (exact) mass is 249 g/mol. The molecule has 3 nitrogen and oxygen atoms in total. The third kappa shape index (κ3) is 1.80. The molecule has 2 N–H and O–H groups in total. The van der Waals surface area contributed by atoms with Crippen LogP contribution < -0.4 is 5.73 Å². The van der Waals surface area contributed by atoms with Gasteiger partial charge in [-0.2, -0.15) is 0 Å². The number of aryl methyl sites for hydroxylation is 1. The van der Waals surface area contributed by atoms with Gasteiger partial charge < -0.3 is 10.3 Å². The van der Waals surface area contributed by atoms with E-state index in [0.29, 0.717) is 12.1 Å². The Balaban J connectivity index is 2.12. The first kappa shape index (κ1) is 11.3. The van der Waals surface area contributed by atoms with Crippen molar-refractivity contribution in [2.24, 2.45) is 5.73 Å². The highest BCUT2D eigenvalue weighted by atomic mass is 19.1. The zero-order chi connectivity index (χ0) is 12.7. The number of hydrogen-bond donors (Lipinski definition) is 1. The molecule has 0 bridgehead atoms. The largest absolute Gasteiger partial charge is 0.334 e. The molecule has 2 aromatic rings. The number of nitrogens with two attached hydrogens (primary N) is 1. The van der Waals surface area contributed by atoms with E-state index in [2.05, 4.69) is 4.98 Å². The predicted molar refractivity (Wildman–Crippen MR) is 63.9 cm³/mol. The molecule has 0 spiro atoms. The Kier molecular flexibility index (Phi) is 2.63. The molecule has 94 valence electrons. The number of imidazole rings is 1. The van der Waals surface area contributed by atoms with E-state index in [-0.39, 0.29) is 11.6 Å². The number of aromatic nitrogens is 2. The summed E-state index contributed by atoms with van der Waals surface area (Å²) in [6.07, 6.45) is 3.20. The van der Waals surface area contributed by atoms with E-state index < -0.39 is 11.6 Å². The Morgan fingerprint density at radius 2 is 2.17 bits per heavy atom. The third-order valence-corrected chi connectivity index (χ3v) is 3.33. The van der Waals surface area contributed by atoms with E-state index >= 15 is 0 Å². The molecule has 0 saturated carbocycles. The molecule has 0 fully saturated rings. The lowest BCUT2D eigenvalue weighted by molar-refractivity contribution is 0.472. The normalized spacial score (nSPS) is 18.7. The molecule has 1 aromatic carbocycles. The predicted octanol–water partition coefficient (Wildman–Crippen LogP) is 2.10. The summed E-state index contributed by atoms with van der Waals surface area (Å²) in [4.78, 5) is 4.21. The first-order valence-electron chi connectivity index (χ1n) is 5.90. The highest BCUT2D eigenvalue weighted by molar-refractivity contribution is 5.63. The standard InChI is InChI=1S/C13H13F2N3/c14-8-1-2-11(15)10(5-8)13-12-6-9(16)3-4-18(12)7-17-13/h1-2,5,7,9H,3-4,6,16H2. The molecule has 3 rings (SSSR count). The molecule has 5 heteroatoms. The highest BCUT2D eigenvalue weighted by Crippen LogP contribution is 2.28. The number of benzene rings is 1. The Morgan fingerprint density at radius 3 is 3.00 bits per heavy atom. The van der Waals surface area contributed by atoms with Crippen molar-refractivity contribution in [2.75, 3.05) is 0 Å². The Bertz CT molecular complexity index is 592. The van der Waals surface area contributed by atoms with Crippen molar-refractivity contribution >= 4 is 0 Å². The number of nitrogens with zero attached hydrogens (tertiary/aromatic N) is 2. The molecule has 1 atom stereocenters. The average Bonchev–Trinajstić information content (AvgIpc) is 2.75. The SMILES string of the molecule is NC1CCn2cnc(-c3cc(F)ccc3F)c2C1. The maximum Gasteiger partial charge on any atom is 0.132 e. The lowest BCUT2D eigenvalue weighted by Gasteiger charge is -2.21. The molecule has 18 heavy (non-hydrogen) atoms. The van der Waals surface area contributed by atoms with Crippen LogP contribution in [-0.4, -0.2) is 15.6 Å². The van der Waals surface area contributed by atoms with Crippen molar-refractivity contribution in [3.8, 4) is 11.3 Å². The second-order valence-electron chi connectivity index (χ2n) is 4.61. The van der Waals surface area contributed by atoms with Crippen LogP contribution >= 0.6 is 0 Å². The minimum Gasteiger partial charge on any atom is -0.334 e. The Hall–Kier alpha value is -1.75. The number of fused-ring (bicyclic) bond motifs is 1. The van der Waals surface area contributed by atoms with Gasteiger partial charge in [0.1, 0.15) is 11.6 Å². The minimum atomic E-state index is -0.465. The van der Waals surface area contributed by atoms with Crippen LogP contribution in [0.25, 0.3) is 11.3 Å². The van der Waals surface area contributed by atoms with Gasteiger partial charge in [-0.3, -0.25) is 0 Å². The summed E-state index contributed by atoms with van der Waals surface area (Å²) in [6, 6.07) is 3.47. The van der Waals surface area contributed by atoms with E-state index in [0.717, 1.165) is 30.8 Å². The molecular weight excluding hydrogens is 236 g/mol. The minimum absolute atomic E-state index is 0.0598. The third-order valence-electron chi connectivity index (χ3n) is 3.33. The van der Waals surface area contributed by atoms with Gasteiger partial charge in [0.25, 0.3) is 0 Å². The van der Waals surface area contributed by atoms with Crippen molar-refractivity contribution in [3.63, 3.8) is 0 Å². The van der Waals surface area contributed by atoms with Crippen LogP contribution in [0.1, 0.15) is 12.1 Å². The first-order chi connectivity index (χ1) is 8.65. The van der Waals surface area contributed by atoms with Gasteiger partial charge in [-0.05, 0) is 24.6 Å². The van der Waals surface area contributed by atoms with Crippen LogP contribution in [0.15, 0.2) is 24.5 Å². The Morgan fingerprint density at radius 1 is 1.33 bits per heavy atom. The van der Waals surface area contributed by atoms with Crippen molar-refractivity contribution in [1.82, 2.24) is 9.55 Å². The van der Waals surface area contributed by atoms with Gasteiger partial charge in [-0.15, -0.1) is 0 Å². The lowest BCUT2D eigenvalue weighted by atomic mass is 10.0. The van der Waals surface area contributed by atoms with Gasteiger partial charge in [0, 0.05) is 30.3 Å². The molecule has 0 aliphatic carbocycles. The summed E-state index contributed by atoms with van der Waals surface area (Å²) >= 11 is 0. The fraction of sp³-hybridized carbons (Fsp3) is 0.308. The van der Waals surface area contributed by atoms with Crippen LogP contribution in [0.5, 0.6) is 0 Å². The van der Waals surface area contributed by atoms with Gasteiger partial charge >= 0.3 is 0 Å². The van der Waals surface area contributed by atoms with Crippen LogP contribution in [-0.2, 0) is 13.0 Å². The van der Waals surface area contributed by atoms with E-state index in [9.17, 15) is 8.78 Å². The van der Waals surface area contributed by atoms with Crippen molar-refractivity contribution in [1.29, 1.82) is 0 Å². The van der Waals surface area contributed by atoms with E-state index in [1.807, 2.05) is 4.57 Å². The number of halogens is 2. The first-order valence-corrected chi connectivity index (χ1v) is 5.90. The maximum absolute atomic E-state index is 13.8. The van der Waals surface area contributed by atoms with Gasteiger partial charge in [-0.25, -0.2) is 13.8 Å². The molecule has 0 radical (unpaired) electrons. The second-order valence-corrected chi connectivity index (χ2v) is 4.61. The number of hydrogen-bond acceptors (Lipinski definition) is 2. The summed E-state index contributed by atoms with van der Waals surface area (Å²) in [5.41, 5.74) is 7.51. The molecule has 0 amide bonds. The molecule has 1 aliphatic heterocycles. The highest BCUT2D eigenvalue weighted by Gasteiger charge is 2.22. The van der Waals surface area contributed by atoms with Crippen molar-refractivity contribution in [2.45, 2.75) is 25.4 Å². The maximum atomic E-state index is 13.8. The quantitative estimate of drug-likeness (QED) is 0.841. The topological polar surface area (TPSA) is 43.8 Å². The molecular formula is C13H13F2N3. The summed E-state index contributed by atoms with van der Waals surface area (Å²) in [7, 11) is 0. The molecule has 1 unspecified atom stereocenters. The number of rotatable bonds is 1. The van der Waals surface area contributed by atoms with Gasteiger partial charge in [0.15, 0.2) is 0 Å². The van der Waals surface area contributed by atoms with E-state index in [1.165, 1.54) is 6.07 Å². The molecule has 2 heterocycles. The molecule has 1 aromatic heterocycles. The van der Waals surface area contributed by atoms with Gasteiger partial charge in [0.2, 0.25) is 0 Å². The van der Waals surface area contributed by atoms with Crippen molar-refractivity contribution < 1.29 is 8.78 Å².